The van der Waals surface area contributed by atoms with Gasteiger partial charge in [0, 0.05) is 0 Å². The molecule has 0 rings (SSSR count). The summed E-state index contributed by atoms with van der Waals surface area (Å²) in [7, 11) is 0. The van der Waals surface area contributed by atoms with Crippen LogP contribution in [0.5, 0.6) is 0 Å². The van der Waals surface area contributed by atoms with Crippen LogP contribution in [-0.4, -0.2) is 23.3 Å². The van der Waals surface area contributed by atoms with Gasteiger partial charge in [-0.05, 0) is 6.92 Å². The lowest BCUT2D eigenvalue weighted by atomic mass is 10.6. The molecular formula is C4H7NO4. The smallest absolute Gasteiger partial charge is 0.418 e. The Hall–Kier alpha value is -1.10. The number of nitrogens with two attached hydrogens (primary N) is 1. The van der Waals surface area contributed by atoms with E-state index >= 15 is 0 Å². The fourth-order valence-electron chi connectivity index (χ4n) is 0.219. The zero-order valence-corrected chi connectivity index (χ0v) is 4.83. The Bertz CT molecular complexity index is 131. The van der Waals surface area contributed by atoms with Crippen molar-refractivity contribution < 1.29 is 19.4 Å². The minimum absolute atomic E-state index is 0.867. The number of rotatable bonds is 1. The average molecular weight is 133 g/mol. The van der Waals surface area contributed by atoms with E-state index in [1.807, 2.05) is 0 Å². The van der Waals surface area contributed by atoms with Crippen molar-refractivity contribution in [1.29, 1.82) is 0 Å². The molecule has 0 aliphatic heterocycles. The van der Waals surface area contributed by atoms with E-state index in [0.717, 1.165) is 0 Å². The van der Waals surface area contributed by atoms with Gasteiger partial charge in [-0.1, -0.05) is 0 Å². The Labute approximate surface area is 51.4 Å². The number of carbonyl (C=O) groups is 2. The Morgan fingerprint density at radius 3 is 2.22 bits per heavy atom. The number of carbonyl (C=O) groups excluding carboxylic acids is 1. The molecule has 0 bridgehead atoms. The Kier molecular flexibility index (Phi) is 2.66. The van der Waals surface area contributed by atoms with Crippen LogP contribution in [0.1, 0.15) is 6.92 Å². The van der Waals surface area contributed by atoms with Gasteiger partial charge in [-0.2, -0.15) is 0 Å². The molecule has 5 nitrogen and oxygen atoms in total. The lowest BCUT2D eigenvalue weighted by molar-refractivity contribution is -0.166. The molecule has 0 spiro atoms. The topological polar surface area (TPSA) is 89.6 Å². The van der Waals surface area contributed by atoms with E-state index in [1.54, 1.807) is 0 Å². The van der Waals surface area contributed by atoms with Crippen molar-refractivity contribution in [2.75, 3.05) is 0 Å². The summed E-state index contributed by atoms with van der Waals surface area (Å²) in [4.78, 5) is 19.8. The van der Waals surface area contributed by atoms with Gasteiger partial charge < -0.3 is 9.84 Å². The zero-order chi connectivity index (χ0) is 7.44. The summed E-state index contributed by atoms with van der Waals surface area (Å²) < 4.78 is 4.05. The van der Waals surface area contributed by atoms with Crippen LogP contribution in [0, 0.1) is 0 Å². The maximum absolute atomic E-state index is 10.1. The molecule has 0 aromatic carbocycles. The molecule has 5 heteroatoms. The molecule has 0 heterocycles. The lowest BCUT2D eigenvalue weighted by Crippen LogP contribution is -2.27. The first-order valence-corrected chi connectivity index (χ1v) is 2.23. The first-order chi connectivity index (χ1) is 4.04. The SMILES string of the molecule is CC(N)OC(=O)C(=O)O. The van der Waals surface area contributed by atoms with Crippen LogP contribution < -0.4 is 5.73 Å². The second kappa shape index (κ2) is 3.03. The quantitative estimate of drug-likeness (QED) is 0.270. The van der Waals surface area contributed by atoms with Crippen LogP contribution in [0.2, 0.25) is 0 Å². The minimum Gasteiger partial charge on any atom is -0.473 e. The van der Waals surface area contributed by atoms with Gasteiger partial charge in [0.05, 0.1) is 0 Å². The molecule has 0 saturated heterocycles. The molecule has 9 heavy (non-hydrogen) atoms. The van der Waals surface area contributed by atoms with Gasteiger partial charge in [0.15, 0.2) is 0 Å². The maximum Gasteiger partial charge on any atom is 0.418 e. The molecule has 0 aromatic rings. The fraction of sp³-hybridized carbons (Fsp3) is 0.500. The van der Waals surface area contributed by atoms with Gasteiger partial charge in [0.25, 0.3) is 0 Å². The van der Waals surface area contributed by atoms with Crippen LogP contribution in [-0.2, 0) is 14.3 Å². The molecule has 1 unspecified atom stereocenters. The standard InChI is InChI=1S/C4H7NO4/c1-2(5)9-4(8)3(6)7/h2H,5H2,1H3,(H,6,7). The van der Waals surface area contributed by atoms with E-state index in [4.69, 9.17) is 10.8 Å². The maximum atomic E-state index is 10.1. The third kappa shape index (κ3) is 3.48. The first kappa shape index (κ1) is 7.90. The molecule has 3 N–H and O–H groups in total. The second-order valence-electron chi connectivity index (χ2n) is 1.42. The number of ether oxygens (including phenoxy) is 1. The van der Waals surface area contributed by atoms with Gasteiger partial charge >= 0.3 is 11.9 Å². The van der Waals surface area contributed by atoms with Gasteiger partial charge in [0.2, 0.25) is 0 Å². The summed E-state index contributed by atoms with van der Waals surface area (Å²) in [5.74, 6) is -2.96. The predicted molar refractivity (Wildman–Crippen MR) is 27.4 cm³/mol. The zero-order valence-electron chi connectivity index (χ0n) is 4.83. The van der Waals surface area contributed by atoms with E-state index in [-0.39, 0.29) is 0 Å². The van der Waals surface area contributed by atoms with E-state index in [1.165, 1.54) is 6.92 Å². The van der Waals surface area contributed by atoms with Crippen molar-refractivity contribution >= 4 is 11.9 Å². The van der Waals surface area contributed by atoms with Crippen LogP contribution in [0.25, 0.3) is 0 Å². The normalized spacial score (nSPS) is 12.2. The van der Waals surface area contributed by atoms with Gasteiger partial charge in [0.1, 0.15) is 6.23 Å². The Morgan fingerprint density at radius 1 is 1.67 bits per heavy atom. The molecule has 0 amide bonds. The highest BCUT2D eigenvalue weighted by Gasteiger charge is 2.13. The van der Waals surface area contributed by atoms with Crippen molar-refractivity contribution in [2.45, 2.75) is 13.2 Å². The average Bonchev–Trinajstić information content (AvgIpc) is 1.63. The summed E-state index contributed by atoms with van der Waals surface area (Å²) in [6.45, 7) is 1.36. The number of esters is 1. The van der Waals surface area contributed by atoms with Crippen molar-refractivity contribution in [1.82, 2.24) is 0 Å². The molecule has 0 aromatic heterocycles. The van der Waals surface area contributed by atoms with Crippen molar-refractivity contribution in [3.63, 3.8) is 0 Å². The fourth-order valence-corrected chi connectivity index (χ4v) is 0.219. The summed E-state index contributed by atoms with van der Waals surface area (Å²) in [6.07, 6.45) is -0.867. The summed E-state index contributed by atoms with van der Waals surface area (Å²) in [5.41, 5.74) is 4.92. The van der Waals surface area contributed by atoms with Gasteiger partial charge in [-0.25, -0.2) is 9.59 Å². The number of hydrogen-bond donors (Lipinski definition) is 2. The number of carboxylic acids is 1. The molecule has 52 valence electrons. The van der Waals surface area contributed by atoms with Gasteiger partial charge in [-0.3, -0.25) is 5.73 Å². The molecule has 0 aliphatic carbocycles. The molecule has 0 aliphatic rings. The van der Waals surface area contributed by atoms with Crippen LogP contribution in [0.3, 0.4) is 0 Å². The lowest BCUT2D eigenvalue weighted by Gasteiger charge is -2.02. The molecule has 0 fully saturated rings. The largest absolute Gasteiger partial charge is 0.473 e. The second-order valence-corrected chi connectivity index (χ2v) is 1.42. The third-order valence-corrected chi connectivity index (χ3v) is 0.468. The van der Waals surface area contributed by atoms with Crippen molar-refractivity contribution in [3.8, 4) is 0 Å². The van der Waals surface area contributed by atoms with Crippen molar-refractivity contribution in [3.05, 3.63) is 0 Å². The van der Waals surface area contributed by atoms with Crippen molar-refractivity contribution in [2.24, 2.45) is 5.73 Å². The predicted octanol–water partition coefficient (Wildman–Crippen LogP) is -1.08. The molecule has 0 radical (unpaired) electrons. The minimum atomic E-state index is -1.63. The third-order valence-electron chi connectivity index (χ3n) is 0.468. The summed E-state index contributed by atoms with van der Waals surface area (Å²) >= 11 is 0. The van der Waals surface area contributed by atoms with Gasteiger partial charge in [-0.15, -0.1) is 0 Å². The Balaban J connectivity index is 3.65. The van der Waals surface area contributed by atoms with E-state index in [2.05, 4.69) is 4.74 Å². The first-order valence-electron chi connectivity index (χ1n) is 2.23. The highest BCUT2D eigenvalue weighted by atomic mass is 16.6. The number of aliphatic carboxylic acids is 1. The molecular weight excluding hydrogens is 126 g/mol. The Morgan fingerprint density at radius 2 is 2.11 bits per heavy atom. The van der Waals surface area contributed by atoms with E-state index in [0.29, 0.717) is 0 Å². The monoisotopic (exact) mass is 133 g/mol. The van der Waals surface area contributed by atoms with Crippen LogP contribution >= 0.6 is 0 Å². The highest BCUT2D eigenvalue weighted by molar-refractivity contribution is 6.28. The van der Waals surface area contributed by atoms with E-state index < -0.39 is 18.2 Å². The molecule has 0 saturated carbocycles. The highest BCUT2D eigenvalue weighted by Crippen LogP contribution is 1.81. The molecule has 1 atom stereocenters. The number of hydrogen-bond acceptors (Lipinski definition) is 4. The number of carboxylic acid groups (broad SMARTS) is 1. The summed E-state index contributed by atoms with van der Waals surface area (Å²) in [5, 5.41) is 7.90. The van der Waals surface area contributed by atoms with Crippen LogP contribution in [0.15, 0.2) is 0 Å². The summed E-state index contributed by atoms with van der Waals surface area (Å²) in [6, 6.07) is 0. The van der Waals surface area contributed by atoms with E-state index in [9.17, 15) is 9.59 Å². The van der Waals surface area contributed by atoms with Crippen LogP contribution in [0.4, 0.5) is 0 Å².